The Morgan fingerprint density at radius 2 is 2.25 bits per heavy atom. The maximum Gasteiger partial charge on any atom is 0.135 e. The van der Waals surface area contributed by atoms with Crippen LogP contribution in [0.25, 0.3) is 0 Å². The van der Waals surface area contributed by atoms with Gasteiger partial charge in [0.1, 0.15) is 16.2 Å². The summed E-state index contributed by atoms with van der Waals surface area (Å²) in [5.74, 6) is 2.46. The van der Waals surface area contributed by atoms with E-state index < -0.39 is 0 Å². The van der Waals surface area contributed by atoms with Gasteiger partial charge >= 0.3 is 0 Å². The normalized spacial score (nSPS) is 14.7. The number of hydrogen-bond acceptors (Lipinski definition) is 3. The van der Waals surface area contributed by atoms with Gasteiger partial charge in [0.2, 0.25) is 0 Å². The second kappa shape index (κ2) is 4.95. The summed E-state index contributed by atoms with van der Waals surface area (Å²) in [6, 6.07) is 1.92. The Balaban J connectivity index is 2.05. The molecule has 4 heteroatoms. The van der Waals surface area contributed by atoms with Crippen molar-refractivity contribution in [2.45, 2.75) is 32.6 Å². The van der Waals surface area contributed by atoms with E-state index in [1.807, 2.05) is 6.07 Å². The van der Waals surface area contributed by atoms with Crippen LogP contribution in [-0.4, -0.2) is 16.5 Å². The molecular formula is C12H16BrN3. The Labute approximate surface area is 105 Å². The second-order valence-electron chi connectivity index (χ2n) is 4.37. The van der Waals surface area contributed by atoms with E-state index in [4.69, 9.17) is 0 Å². The minimum absolute atomic E-state index is 0.585. The minimum Gasteiger partial charge on any atom is -0.366 e. The van der Waals surface area contributed by atoms with Gasteiger partial charge in [-0.15, -0.1) is 0 Å². The summed E-state index contributed by atoms with van der Waals surface area (Å²) in [5.41, 5.74) is 1.31. The van der Waals surface area contributed by atoms with Crippen molar-refractivity contribution < 1.29 is 0 Å². The maximum absolute atomic E-state index is 4.51. The Bertz CT molecular complexity index is 407. The summed E-state index contributed by atoms with van der Waals surface area (Å²) >= 11 is 3.42. The van der Waals surface area contributed by atoms with Crippen molar-refractivity contribution in [3.63, 3.8) is 0 Å². The summed E-state index contributed by atoms with van der Waals surface area (Å²) in [5, 5.41) is 3.28. The number of nitrogens with one attached hydrogen (secondary N) is 1. The number of halogens is 1. The first-order valence-electron chi connectivity index (χ1n) is 5.57. The van der Waals surface area contributed by atoms with Crippen LogP contribution >= 0.6 is 15.9 Å². The molecule has 3 nitrogen and oxygen atoms in total. The standard InChI is InChI=1S/C12H16BrN3/c1-8(2)5-6-14-11-7-10(13)15-12(16-11)9-3-4-9/h5,7,9H,3-4,6H2,1-2H3,(H,14,15,16). The molecule has 0 aromatic carbocycles. The van der Waals surface area contributed by atoms with Crippen molar-refractivity contribution in [2.75, 3.05) is 11.9 Å². The molecule has 0 amide bonds. The van der Waals surface area contributed by atoms with E-state index in [-0.39, 0.29) is 0 Å². The van der Waals surface area contributed by atoms with Crippen LogP contribution in [0.15, 0.2) is 22.3 Å². The average molecular weight is 282 g/mol. The molecule has 0 atom stereocenters. The van der Waals surface area contributed by atoms with Gasteiger partial charge in [0, 0.05) is 18.5 Å². The van der Waals surface area contributed by atoms with Gasteiger partial charge in [-0.25, -0.2) is 9.97 Å². The summed E-state index contributed by atoms with van der Waals surface area (Å²) < 4.78 is 0.865. The van der Waals surface area contributed by atoms with Crippen LogP contribution < -0.4 is 5.32 Å². The highest BCUT2D eigenvalue weighted by Crippen LogP contribution is 2.38. The van der Waals surface area contributed by atoms with Crippen LogP contribution in [0.5, 0.6) is 0 Å². The highest BCUT2D eigenvalue weighted by molar-refractivity contribution is 9.10. The van der Waals surface area contributed by atoms with Gasteiger partial charge in [0.25, 0.3) is 0 Å². The van der Waals surface area contributed by atoms with E-state index in [1.54, 1.807) is 0 Å². The molecule has 1 saturated carbocycles. The zero-order valence-electron chi connectivity index (χ0n) is 9.63. The molecule has 0 unspecified atom stereocenters. The lowest BCUT2D eigenvalue weighted by Gasteiger charge is -2.05. The number of hydrogen-bond donors (Lipinski definition) is 1. The predicted molar refractivity (Wildman–Crippen MR) is 69.6 cm³/mol. The molecule has 1 aromatic rings. The minimum atomic E-state index is 0.585. The lowest BCUT2D eigenvalue weighted by molar-refractivity contribution is 0.915. The zero-order chi connectivity index (χ0) is 11.5. The molecule has 0 saturated heterocycles. The van der Waals surface area contributed by atoms with E-state index in [2.05, 4.69) is 51.1 Å². The highest BCUT2D eigenvalue weighted by Gasteiger charge is 2.27. The van der Waals surface area contributed by atoms with Crippen LogP contribution in [0.4, 0.5) is 5.82 Å². The smallest absolute Gasteiger partial charge is 0.135 e. The van der Waals surface area contributed by atoms with Crippen LogP contribution in [0.1, 0.15) is 38.4 Å². The Morgan fingerprint density at radius 3 is 2.88 bits per heavy atom. The molecule has 0 bridgehead atoms. The monoisotopic (exact) mass is 281 g/mol. The molecule has 0 spiro atoms. The van der Waals surface area contributed by atoms with Crippen LogP contribution in [0.3, 0.4) is 0 Å². The lowest BCUT2D eigenvalue weighted by atomic mass is 10.3. The molecule has 1 fully saturated rings. The molecule has 0 aliphatic heterocycles. The Morgan fingerprint density at radius 1 is 1.50 bits per heavy atom. The third-order valence-electron chi connectivity index (χ3n) is 2.45. The van der Waals surface area contributed by atoms with Crippen molar-refractivity contribution in [1.82, 2.24) is 9.97 Å². The number of aromatic nitrogens is 2. The van der Waals surface area contributed by atoms with Crippen molar-refractivity contribution >= 4 is 21.7 Å². The van der Waals surface area contributed by atoms with Crippen molar-refractivity contribution in [1.29, 1.82) is 0 Å². The van der Waals surface area contributed by atoms with E-state index in [1.165, 1.54) is 18.4 Å². The third-order valence-corrected chi connectivity index (χ3v) is 2.85. The molecule has 1 N–H and O–H groups in total. The molecule has 86 valence electrons. The number of allylic oxidation sites excluding steroid dienone is 1. The van der Waals surface area contributed by atoms with E-state index in [9.17, 15) is 0 Å². The van der Waals surface area contributed by atoms with E-state index in [0.717, 1.165) is 22.8 Å². The number of anilines is 1. The van der Waals surface area contributed by atoms with Crippen LogP contribution in [0.2, 0.25) is 0 Å². The number of rotatable bonds is 4. The molecule has 1 aromatic heterocycles. The summed E-state index contributed by atoms with van der Waals surface area (Å²) in [6.45, 7) is 5.00. The molecule has 1 heterocycles. The Hall–Kier alpha value is -0.900. The van der Waals surface area contributed by atoms with Crippen molar-refractivity contribution in [2.24, 2.45) is 0 Å². The fraction of sp³-hybridized carbons (Fsp3) is 0.500. The van der Waals surface area contributed by atoms with Gasteiger partial charge in [-0.05, 0) is 42.6 Å². The maximum atomic E-state index is 4.51. The fourth-order valence-electron chi connectivity index (χ4n) is 1.41. The zero-order valence-corrected chi connectivity index (χ0v) is 11.2. The molecule has 2 rings (SSSR count). The molecule has 0 radical (unpaired) electrons. The first kappa shape index (κ1) is 11.6. The quantitative estimate of drug-likeness (QED) is 0.678. The fourth-order valence-corrected chi connectivity index (χ4v) is 1.81. The largest absolute Gasteiger partial charge is 0.366 e. The average Bonchev–Trinajstić information content (AvgIpc) is 2.99. The van der Waals surface area contributed by atoms with Gasteiger partial charge in [0.15, 0.2) is 0 Å². The number of nitrogens with zero attached hydrogens (tertiary/aromatic N) is 2. The topological polar surface area (TPSA) is 37.8 Å². The van der Waals surface area contributed by atoms with E-state index >= 15 is 0 Å². The van der Waals surface area contributed by atoms with Crippen molar-refractivity contribution in [3.8, 4) is 0 Å². The first-order chi connectivity index (χ1) is 7.65. The molecular weight excluding hydrogens is 266 g/mol. The predicted octanol–water partition coefficient (Wildman–Crippen LogP) is 3.49. The molecule has 16 heavy (non-hydrogen) atoms. The SMILES string of the molecule is CC(C)=CCNc1cc(Br)nc(C2CC2)n1. The third kappa shape index (κ3) is 3.30. The lowest BCUT2D eigenvalue weighted by Crippen LogP contribution is -2.04. The summed E-state index contributed by atoms with van der Waals surface area (Å²) in [7, 11) is 0. The second-order valence-corrected chi connectivity index (χ2v) is 5.18. The summed E-state index contributed by atoms with van der Waals surface area (Å²) in [4.78, 5) is 8.90. The first-order valence-corrected chi connectivity index (χ1v) is 6.36. The van der Waals surface area contributed by atoms with Gasteiger partial charge in [0.05, 0.1) is 0 Å². The van der Waals surface area contributed by atoms with Crippen LogP contribution in [-0.2, 0) is 0 Å². The van der Waals surface area contributed by atoms with Crippen LogP contribution in [0, 0.1) is 0 Å². The summed E-state index contributed by atoms with van der Waals surface area (Å²) in [6.07, 6.45) is 4.60. The Kier molecular flexibility index (Phi) is 3.59. The van der Waals surface area contributed by atoms with Gasteiger partial charge < -0.3 is 5.32 Å². The van der Waals surface area contributed by atoms with Crippen molar-refractivity contribution in [3.05, 3.63) is 28.1 Å². The highest BCUT2D eigenvalue weighted by atomic mass is 79.9. The van der Waals surface area contributed by atoms with Gasteiger partial charge in [-0.2, -0.15) is 0 Å². The molecule has 1 aliphatic rings. The van der Waals surface area contributed by atoms with Gasteiger partial charge in [-0.3, -0.25) is 0 Å². The van der Waals surface area contributed by atoms with E-state index in [0.29, 0.717) is 5.92 Å². The molecule has 1 aliphatic carbocycles. The van der Waals surface area contributed by atoms with Gasteiger partial charge in [-0.1, -0.05) is 11.6 Å².